The Balaban J connectivity index is 1.28. The molecule has 8 nitrogen and oxygen atoms in total. The van der Waals surface area contributed by atoms with E-state index in [9.17, 15) is 9.59 Å². The van der Waals surface area contributed by atoms with E-state index in [4.69, 9.17) is 9.47 Å². The van der Waals surface area contributed by atoms with Gasteiger partial charge in [-0.05, 0) is 42.7 Å². The van der Waals surface area contributed by atoms with Crippen LogP contribution in [0.4, 0.5) is 0 Å². The monoisotopic (exact) mass is 496 g/mol. The van der Waals surface area contributed by atoms with Gasteiger partial charge in [-0.25, -0.2) is 4.98 Å². The zero-order chi connectivity index (χ0) is 24.2. The number of carbonyl (C=O) groups is 1. The fraction of sp³-hybridized carbons (Fsp3) is 0.500. The number of nitrogens with zero attached hydrogens (tertiary/aromatic N) is 4. The van der Waals surface area contributed by atoms with Crippen molar-refractivity contribution in [3.8, 4) is 5.75 Å². The Morgan fingerprint density at radius 1 is 1.14 bits per heavy atom. The molecule has 0 radical (unpaired) electrons. The summed E-state index contributed by atoms with van der Waals surface area (Å²) in [4.78, 5) is 37.1. The van der Waals surface area contributed by atoms with E-state index in [1.165, 1.54) is 11.3 Å². The quantitative estimate of drug-likeness (QED) is 0.446. The lowest BCUT2D eigenvalue weighted by Gasteiger charge is -2.27. The highest BCUT2D eigenvalue weighted by atomic mass is 32.1. The number of hydrogen-bond donors (Lipinski definition) is 0. The van der Waals surface area contributed by atoms with Gasteiger partial charge < -0.3 is 14.4 Å². The van der Waals surface area contributed by atoms with Crippen molar-refractivity contribution in [3.63, 3.8) is 0 Å². The number of morpholine rings is 1. The van der Waals surface area contributed by atoms with Crippen molar-refractivity contribution in [2.75, 3.05) is 46.0 Å². The minimum absolute atomic E-state index is 0.00379. The molecule has 0 saturated carbocycles. The number of ether oxygens (including phenoxy) is 2. The Hall–Kier alpha value is -2.75. The number of aromatic nitrogens is 2. The number of hydrogen-bond acceptors (Lipinski definition) is 7. The number of carbonyl (C=O) groups excluding carboxylic acids is 1. The van der Waals surface area contributed by atoms with Gasteiger partial charge in [-0.1, -0.05) is 13.3 Å². The second kappa shape index (κ2) is 10.9. The summed E-state index contributed by atoms with van der Waals surface area (Å²) in [5, 5.41) is 0.732. The molecule has 0 unspecified atom stereocenters. The summed E-state index contributed by atoms with van der Waals surface area (Å²) in [5.41, 5.74) is 1.74. The molecule has 1 fully saturated rings. The van der Waals surface area contributed by atoms with Crippen LogP contribution < -0.4 is 10.3 Å². The molecule has 2 aliphatic heterocycles. The summed E-state index contributed by atoms with van der Waals surface area (Å²) in [6, 6.07) is 7.39. The molecule has 0 bridgehead atoms. The summed E-state index contributed by atoms with van der Waals surface area (Å²) in [7, 11) is 0. The number of amides is 1. The highest BCUT2D eigenvalue weighted by molar-refractivity contribution is 7.18. The summed E-state index contributed by atoms with van der Waals surface area (Å²) in [6.07, 6.45) is 4.44. The first-order valence-electron chi connectivity index (χ1n) is 12.5. The van der Waals surface area contributed by atoms with Crippen LogP contribution in [-0.2, 0) is 24.2 Å². The third-order valence-corrected chi connectivity index (χ3v) is 7.87. The lowest BCUT2D eigenvalue weighted by Crippen LogP contribution is -2.39. The zero-order valence-electron chi connectivity index (χ0n) is 20.2. The van der Waals surface area contributed by atoms with Crippen LogP contribution in [0, 0.1) is 0 Å². The second-order valence-electron chi connectivity index (χ2n) is 9.08. The molecule has 9 heteroatoms. The lowest BCUT2D eigenvalue weighted by atomic mass is 10.0. The first-order valence-corrected chi connectivity index (χ1v) is 13.3. The minimum Gasteiger partial charge on any atom is -0.494 e. The molecule has 5 rings (SSSR count). The van der Waals surface area contributed by atoms with E-state index in [1.54, 1.807) is 10.9 Å². The van der Waals surface area contributed by atoms with Crippen LogP contribution in [0.15, 0.2) is 35.4 Å². The van der Waals surface area contributed by atoms with Crippen molar-refractivity contribution in [2.45, 2.75) is 39.3 Å². The third kappa shape index (κ3) is 5.27. The average Bonchev–Trinajstić information content (AvgIpc) is 3.27. The van der Waals surface area contributed by atoms with E-state index in [1.807, 2.05) is 29.2 Å². The Morgan fingerprint density at radius 2 is 1.94 bits per heavy atom. The van der Waals surface area contributed by atoms with Gasteiger partial charge >= 0.3 is 0 Å². The molecule has 1 aromatic carbocycles. The number of benzene rings is 1. The van der Waals surface area contributed by atoms with E-state index < -0.39 is 0 Å². The van der Waals surface area contributed by atoms with Crippen LogP contribution in [0.2, 0.25) is 0 Å². The first kappa shape index (κ1) is 24.0. The van der Waals surface area contributed by atoms with E-state index in [2.05, 4.69) is 16.8 Å². The molecule has 2 aliphatic rings. The third-order valence-electron chi connectivity index (χ3n) is 6.74. The lowest BCUT2D eigenvalue weighted by molar-refractivity contribution is 0.0362. The van der Waals surface area contributed by atoms with Gasteiger partial charge in [0.2, 0.25) is 0 Å². The van der Waals surface area contributed by atoms with E-state index in [-0.39, 0.29) is 11.5 Å². The van der Waals surface area contributed by atoms with E-state index in [0.29, 0.717) is 38.2 Å². The van der Waals surface area contributed by atoms with Crippen molar-refractivity contribution >= 4 is 27.5 Å². The molecule has 0 N–H and O–H groups in total. The first-order chi connectivity index (χ1) is 17.1. The van der Waals surface area contributed by atoms with Crippen LogP contribution >= 0.6 is 11.3 Å². The largest absolute Gasteiger partial charge is 0.494 e. The molecule has 2 aromatic heterocycles. The van der Waals surface area contributed by atoms with Crippen molar-refractivity contribution in [1.29, 1.82) is 0 Å². The van der Waals surface area contributed by atoms with Gasteiger partial charge in [0.1, 0.15) is 10.6 Å². The normalized spacial score (nSPS) is 16.4. The van der Waals surface area contributed by atoms with Crippen LogP contribution in [0.5, 0.6) is 5.75 Å². The van der Waals surface area contributed by atoms with Crippen molar-refractivity contribution in [2.24, 2.45) is 0 Å². The van der Waals surface area contributed by atoms with Gasteiger partial charge in [-0.3, -0.25) is 19.1 Å². The molecule has 35 heavy (non-hydrogen) atoms. The molecule has 186 valence electrons. The molecule has 3 aromatic rings. The van der Waals surface area contributed by atoms with Gasteiger partial charge in [0, 0.05) is 43.2 Å². The van der Waals surface area contributed by atoms with Gasteiger partial charge in [-0.15, -0.1) is 11.3 Å². The second-order valence-corrected chi connectivity index (χ2v) is 10.2. The summed E-state index contributed by atoms with van der Waals surface area (Å²) >= 11 is 1.53. The maximum Gasteiger partial charge on any atom is 0.262 e. The van der Waals surface area contributed by atoms with E-state index >= 15 is 0 Å². The predicted molar refractivity (Wildman–Crippen MR) is 136 cm³/mol. The minimum atomic E-state index is 0.00379. The molecule has 0 atom stereocenters. The maximum absolute atomic E-state index is 13.3. The van der Waals surface area contributed by atoms with Crippen LogP contribution in [0.1, 0.15) is 40.6 Å². The predicted octanol–water partition coefficient (Wildman–Crippen LogP) is 3.17. The van der Waals surface area contributed by atoms with Crippen molar-refractivity contribution in [1.82, 2.24) is 19.4 Å². The molecule has 0 spiro atoms. The highest BCUT2D eigenvalue weighted by Gasteiger charge is 2.27. The molecule has 4 heterocycles. The average molecular weight is 497 g/mol. The summed E-state index contributed by atoms with van der Waals surface area (Å²) < 4.78 is 12.8. The number of thiophene rings is 1. The molecule has 0 aliphatic carbocycles. The molecule has 1 saturated heterocycles. The van der Waals surface area contributed by atoms with Gasteiger partial charge in [-0.2, -0.15) is 0 Å². The number of unbranched alkanes of at least 4 members (excludes halogenated alkanes) is 1. The standard InChI is InChI=1S/C26H32N4O4S/c1-2-3-14-34-20-6-4-19(5-7-20)25(31)29-9-8-21-22(17-29)35-24-23(21)26(32)30(18-27-24)11-10-28-12-15-33-16-13-28/h4-7,18H,2-3,8-17H2,1H3. The Morgan fingerprint density at radius 3 is 2.71 bits per heavy atom. The highest BCUT2D eigenvalue weighted by Crippen LogP contribution is 2.32. The SMILES string of the molecule is CCCCOc1ccc(C(=O)N2CCc3c(sc4ncn(CCN5CCOCC5)c(=O)c34)C2)cc1. The Kier molecular flexibility index (Phi) is 7.46. The van der Waals surface area contributed by atoms with Crippen LogP contribution in [0.25, 0.3) is 10.2 Å². The molecule has 1 amide bonds. The maximum atomic E-state index is 13.3. The van der Waals surface area contributed by atoms with E-state index in [0.717, 1.165) is 72.1 Å². The van der Waals surface area contributed by atoms with Gasteiger partial charge in [0.15, 0.2) is 0 Å². The van der Waals surface area contributed by atoms with Gasteiger partial charge in [0.25, 0.3) is 11.5 Å². The fourth-order valence-corrected chi connectivity index (χ4v) is 5.83. The smallest absolute Gasteiger partial charge is 0.262 e. The number of rotatable bonds is 8. The van der Waals surface area contributed by atoms with Crippen LogP contribution in [0.3, 0.4) is 0 Å². The summed E-state index contributed by atoms with van der Waals surface area (Å²) in [6.45, 7) is 8.65. The molecular formula is C26H32N4O4S. The van der Waals surface area contributed by atoms with Crippen molar-refractivity contribution in [3.05, 3.63) is 57.0 Å². The van der Waals surface area contributed by atoms with Crippen molar-refractivity contribution < 1.29 is 14.3 Å². The Bertz CT molecular complexity index is 1230. The summed E-state index contributed by atoms with van der Waals surface area (Å²) in [5.74, 6) is 0.792. The van der Waals surface area contributed by atoms with Gasteiger partial charge in [0.05, 0.1) is 38.1 Å². The van der Waals surface area contributed by atoms with Crippen LogP contribution in [-0.4, -0.2) is 71.3 Å². The fourth-order valence-electron chi connectivity index (χ4n) is 4.64. The number of fused-ring (bicyclic) bond motifs is 3. The molecular weight excluding hydrogens is 464 g/mol. The zero-order valence-corrected chi connectivity index (χ0v) is 21.0. The Labute approximate surface area is 209 Å². The topological polar surface area (TPSA) is 76.9 Å².